The van der Waals surface area contributed by atoms with Gasteiger partial charge in [0.15, 0.2) is 0 Å². The third-order valence-corrected chi connectivity index (χ3v) is 4.22. The summed E-state index contributed by atoms with van der Waals surface area (Å²) in [7, 11) is 0. The van der Waals surface area contributed by atoms with Crippen LogP contribution >= 0.6 is 0 Å². The zero-order valence-corrected chi connectivity index (χ0v) is 13.6. The van der Waals surface area contributed by atoms with Gasteiger partial charge in [-0.05, 0) is 23.3 Å². The zero-order chi connectivity index (χ0) is 15.2. The Morgan fingerprint density at radius 2 is 1.80 bits per heavy atom. The van der Waals surface area contributed by atoms with Crippen molar-refractivity contribution >= 4 is 5.91 Å². The topological polar surface area (TPSA) is 20.3 Å². The molecule has 1 atom stereocenters. The van der Waals surface area contributed by atoms with E-state index in [1.54, 1.807) is 0 Å². The van der Waals surface area contributed by atoms with Crippen LogP contribution in [0, 0.1) is 5.41 Å². The quantitative estimate of drug-likeness (QED) is 0.719. The first-order valence-electron chi connectivity index (χ1n) is 7.75. The van der Waals surface area contributed by atoms with E-state index >= 15 is 0 Å². The molecule has 112 valence electrons. The molecule has 0 aliphatic heterocycles. The van der Waals surface area contributed by atoms with Gasteiger partial charge in [0, 0.05) is 19.5 Å². The van der Waals surface area contributed by atoms with Crippen LogP contribution in [0.3, 0.4) is 0 Å². The maximum atomic E-state index is 12.1. The van der Waals surface area contributed by atoms with Crippen molar-refractivity contribution in [2.45, 2.75) is 53.4 Å². The second-order valence-corrected chi connectivity index (χ2v) is 6.29. The maximum absolute atomic E-state index is 12.1. The average Bonchev–Trinajstić information content (AvgIpc) is 2.45. The molecule has 20 heavy (non-hydrogen) atoms. The summed E-state index contributed by atoms with van der Waals surface area (Å²) in [5, 5.41) is 0. The summed E-state index contributed by atoms with van der Waals surface area (Å²) >= 11 is 0. The van der Waals surface area contributed by atoms with Gasteiger partial charge in [-0.15, -0.1) is 0 Å². The van der Waals surface area contributed by atoms with Gasteiger partial charge in [0.05, 0.1) is 0 Å². The van der Waals surface area contributed by atoms with Crippen LogP contribution in [0.25, 0.3) is 0 Å². The number of carbonyl (C=O) groups excluding carboxylic acids is 1. The predicted molar refractivity (Wildman–Crippen MR) is 85.8 cm³/mol. The second kappa shape index (κ2) is 7.47. The molecule has 1 aromatic rings. The number of carbonyl (C=O) groups is 1. The van der Waals surface area contributed by atoms with Gasteiger partial charge < -0.3 is 4.90 Å². The van der Waals surface area contributed by atoms with Crippen molar-refractivity contribution in [1.82, 2.24) is 4.90 Å². The lowest BCUT2D eigenvalue weighted by atomic mass is 9.75. The van der Waals surface area contributed by atoms with Crippen LogP contribution in [0.15, 0.2) is 30.3 Å². The van der Waals surface area contributed by atoms with Crippen molar-refractivity contribution in [3.05, 3.63) is 35.9 Å². The minimum atomic E-state index is 0.0708. The lowest BCUT2D eigenvalue weighted by molar-refractivity contribution is -0.132. The SMILES string of the molecule is CCCN(CC(C)(C)C(C)c1ccccc1)C(=O)CC. The highest BCUT2D eigenvalue weighted by molar-refractivity contribution is 5.75. The van der Waals surface area contributed by atoms with Gasteiger partial charge in [0.25, 0.3) is 0 Å². The van der Waals surface area contributed by atoms with Crippen LogP contribution in [0.5, 0.6) is 0 Å². The molecule has 0 saturated carbocycles. The summed E-state index contributed by atoms with van der Waals surface area (Å²) in [5.41, 5.74) is 1.42. The van der Waals surface area contributed by atoms with E-state index in [0.29, 0.717) is 12.3 Å². The van der Waals surface area contributed by atoms with Crippen molar-refractivity contribution in [1.29, 1.82) is 0 Å². The van der Waals surface area contributed by atoms with Crippen LogP contribution in [0.2, 0.25) is 0 Å². The van der Waals surface area contributed by atoms with E-state index in [1.165, 1.54) is 5.56 Å². The highest BCUT2D eigenvalue weighted by Crippen LogP contribution is 2.35. The van der Waals surface area contributed by atoms with Crippen LogP contribution in [-0.2, 0) is 4.79 Å². The molecule has 1 aromatic carbocycles. The van der Waals surface area contributed by atoms with E-state index in [-0.39, 0.29) is 11.3 Å². The summed E-state index contributed by atoms with van der Waals surface area (Å²) in [6.07, 6.45) is 1.61. The van der Waals surface area contributed by atoms with Gasteiger partial charge in [-0.25, -0.2) is 0 Å². The molecule has 1 unspecified atom stereocenters. The van der Waals surface area contributed by atoms with Crippen LogP contribution in [-0.4, -0.2) is 23.9 Å². The number of amides is 1. The largest absolute Gasteiger partial charge is 0.342 e. The molecule has 2 nitrogen and oxygen atoms in total. The van der Waals surface area contributed by atoms with E-state index in [2.05, 4.69) is 52.0 Å². The monoisotopic (exact) mass is 275 g/mol. The third kappa shape index (κ3) is 4.36. The zero-order valence-electron chi connectivity index (χ0n) is 13.6. The van der Waals surface area contributed by atoms with E-state index in [1.807, 2.05) is 17.9 Å². The van der Waals surface area contributed by atoms with Crippen LogP contribution < -0.4 is 0 Å². The van der Waals surface area contributed by atoms with E-state index in [0.717, 1.165) is 19.5 Å². The number of hydrogen-bond donors (Lipinski definition) is 0. The summed E-state index contributed by atoms with van der Waals surface area (Å²) in [6.45, 7) is 12.5. The highest BCUT2D eigenvalue weighted by atomic mass is 16.2. The molecule has 0 aliphatic rings. The van der Waals surface area contributed by atoms with Crippen molar-refractivity contribution < 1.29 is 4.79 Å². The van der Waals surface area contributed by atoms with Crippen molar-refractivity contribution in [2.24, 2.45) is 5.41 Å². The lowest BCUT2D eigenvalue weighted by Gasteiger charge is -2.37. The van der Waals surface area contributed by atoms with Crippen molar-refractivity contribution in [2.75, 3.05) is 13.1 Å². The van der Waals surface area contributed by atoms with Crippen LogP contribution in [0.1, 0.15) is 58.9 Å². The fraction of sp³-hybridized carbons (Fsp3) is 0.611. The first kappa shape index (κ1) is 16.7. The molecular weight excluding hydrogens is 246 g/mol. The molecule has 0 radical (unpaired) electrons. The van der Waals surface area contributed by atoms with E-state index in [4.69, 9.17) is 0 Å². The molecule has 1 rings (SSSR count). The fourth-order valence-corrected chi connectivity index (χ4v) is 2.61. The Balaban J connectivity index is 2.83. The number of rotatable bonds is 7. The minimum absolute atomic E-state index is 0.0708. The van der Waals surface area contributed by atoms with Crippen molar-refractivity contribution in [3.63, 3.8) is 0 Å². The smallest absolute Gasteiger partial charge is 0.222 e. The maximum Gasteiger partial charge on any atom is 0.222 e. The molecule has 0 spiro atoms. The Bertz CT molecular complexity index is 411. The van der Waals surface area contributed by atoms with Crippen LogP contribution in [0.4, 0.5) is 0 Å². The van der Waals surface area contributed by atoms with E-state index in [9.17, 15) is 4.79 Å². The lowest BCUT2D eigenvalue weighted by Crippen LogP contribution is -2.41. The molecule has 1 amide bonds. The normalized spacial score (nSPS) is 13.1. The molecule has 0 aromatic heterocycles. The first-order valence-corrected chi connectivity index (χ1v) is 7.75. The Labute approximate surface area is 124 Å². The first-order chi connectivity index (χ1) is 9.42. The average molecular weight is 275 g/mol. The minimum Gasteiger partial charge on any atom is -0.342 e. The summed E-state index contributed by atoms with van der Waals surface area (Å²) in [5.74, 6) is 0.688. The molecule has 0 heterocycles. The Hall–Kier alpha value is -1.31. The number of hydrogen-bond acceptors (Lipinski definition) is 1. The molecule has 0 aliphatic carbocycles. The Morgan fingerprint density at radius 3 is 2.30 bits per heavy atom. The van der Waals surface area contributed by atoms with Crippen molar-refractivity contribution in [3.8, 4) is 0 Å². The van der Waals surface area contributed by atoms with Gasteiger partial charge in [0.2, 0.25) is 5.91 Å². The van der Waals surface area contributed by atoms with Gasteiger partial charge >= 0.3 is 0 Å². The molecule has 0 N–H and O–H groups in total. The van der Waals surface area contributed by atoms with Gasteiger partial charge in [-0.2, -0.15) is 0 Å². The second-order valence-electron chi connectivity index (χ2n) is 6.29. The molecule has 2 heteroatoms. The third-order valence-electron chi connectivity index (χ3n) is 4.22. The predicted octanol–water partition coefficient (Wildman–Crippen LogP) is 4.46. The Morgan fingerprint density at radius 1 is 1.20 bits per heavy atom. The fourth-order valence-electron chi connectivity index (χ4n) is 2.61. The van der Waals surface area contributed by atoms with E-state index < -0.39 is 0 Å². The molecule has 0 saturated heterocycles. The molecular formula is C18H29NO. The summed E-state index contributed by atoms with van der Waals surface area (Å²) in [6, 6.07) is 10.6. The molecule has 0 bridgehead atoms. The standard InChI is InChI=1S/C18H29NO/c1-6-13-19(17(20)7-2)14-18(4,5)15(3)16-11-9-8-10-12-16/h8-12,15H,6-7,13-14H2,1-5H3. The Kier molecular flexibility index (Phi) is 6.25. The highest BCUT2D eigenvalue weighted by Gasteiger charge is 2.30. The number of benzene rings is 1. The van der Waals surface area contributed by atoms with Gasteiger partial charge in [0.1, 0.15) is 0 Å². The van der Waals surface area contributed by atoms with Gasteiger partial charge in [-0.3, -0.25) is 4.79 Å². The number of nitrogens with zero attached hydrogens (tertiary/aromatic N) is 1. The molecule has 0 fully saturated rings. The summed E-state index contributed by atoms with van der Waals surface area (Å²) < 4.78 is 0. The van der Waals surface area contributed by atoms with Gasteiger partial charge in [-0.1, -0.05) is 65.0 Å². The summed E-state index contributed by atoms with van der Waals surface area (Å²) in [4.78, 5) is 14.1.